The lowest BCUT2D eigenvalue weighted by Gasteiger charge is -2.07. The van der Waals surface area contributed by atoms with Crippen molar-refractivity contribution >= 4 is 21.6 Å². The lowest BCUT2D eigenvalue weighted by Crippen LogP contribution is -2.27. The molecule has 0 saturated heterocycles. The molecule has 0 spiro atoms. The molecule has 0 atom stereocenters. The third kappa shape index (κ3) is 3.46. The van der Waals surface area contributed by atoms with Gasteiger partial charge in [0.05, 0.1) is 11.6 Å². The van der Waals surface area contributed by atoms with Crippen molar-refractivity contribution in [3.05, 3.63) is 29.3 Å². The molecule has 0 aliphatic heterocycles. The maximum absolute atomic E-state index is 11.7. The summed E-state index contributed by atoms with van der Waals surface area (Å²) in [5.74, 6) is 0. The third-order valence-electron chi connectivity index (χ3n) is 1.66. The third-order valence-corrected chi connectivity index (χ3v) is 3.61. The summed E-state index contributed by atoms with van der Waals surface area (Å²) in [6.07, 6.45) is 0. The minimum atomic E-state index is -3.56. The number of benzene rings is 1. The molecule has 1 aromatic rings. The Morgan fingerprint density at radius 2 is 2.33 bits per heavy atom. The Morgan fingerprint density at radius 3 is 2.93 bits per heavy atom. The van der Waals surface area contributed by atoms with Gasteiger partial charge in [-0.2, -0.15) is 0 Å². The van der Waals surface area contributed by atoms with E-state index in [9.17, 15) is 8.42 Å². The average Bonchev–Trinajstić information content (AvgIpc) is 2.18. The van der Waals surface area contributed by atoms with Crippen LogP contribution in [0.15, 0.2) is 23.1 Å². The van der Waals surface area contributed by atoms with Gasteiger partial charge in [0, 0.05) is 13.7 Å². The second-order valence-electron chi connectivity index (χ2n) is 2.75. The maximum atomic E-state index is 11.7. The number of rotatable bonds is 5. The zero-order chi connectivity index (χ0) is 11.3. The van der Waals surface area contributed by atoms with Crippen LogP contribution in [0, 0.1) is 6.07 Å². The van der Waals surface area contributed by atoms with Crippen LogP contribution in [0.25, 0.3) is 0 Å². The van der Waals surface area contributed by atoms with E-state index in [4.69, 9.17) is 16.3 Å². The Morgan fingerprint density at radius 1 is 1.60 bits per heavy atom. The molecule has 0 saturated carbocycles. The lowest BCUT2D eigenvalue weighted by molar-refractivity contribution is 0.204. The van der Waals surface area contributed by atoms with Crippen LogP contribution in [0.2, 0.25) is 5.02 Å². The molecule has 1 N–H and O–H groups in total. The summed E-state index contributed by atoms with van der Waals surface area (Å²) in [5.41, 5.74) is 0. The van der Waals surface area contributed by atoms with Gasteiger partial charge >= 0.3 is 0 Å². The van der Waals surface area contributed by atoms with E-state index in [1.807, 2.05) is 0 Å². The van der Waals surface area contributed by atoms with E-state index in [0.717, 1.165) is 0 Å². The van der Waals surface area contributed by atoms with Crippen LogP contribution in [-0.4, -0.2) is 28.7 Å². The van der Waals surface area contributed by atoms with Crippen molar-refractivity contribution in [2.45, 2.75) is 4.90 Å². The zero-order valence-corrected chi connectivity index (χ0v) is 9.73. The Kier molecular flexibility index (Phi) is 4.53. The SMILES string of the molecule is COCCNS(=O)(=O)c1c[c]ccc1Cl. The summed E-state index contributed by atoms with van der Waals surface area (Å²) in [6.45, 7) is 0.525. The van der Waals surface area contributed by atoms with E-state index in [1.54, 1.807) is 6.07 Å². The van der Waals surface area contributed by atoms with Crippen molar-refractivity contribution in [1.82, 2.24) is 4.72 Å². The standard InChI is InChI=1S/C9H11ClNO3S/c1-14-7-6-11-15(12,13)9-5-3-2-4-8(9)10/h2,4-5,11H,6-7H2,1H3. The van der Waals surface area contributed by atoms with E-state index in [1.165, 1.54) is 19.2 Å². The molecule has 1 aromatic carbocycles. The topological polar surface area (TPSA) is 55.4 Å². The number of methoxy groups -OCH3 is 1. The second kappa shape index (κ2) is 5.46. The van der Waals surface area contributed by atoms with Gasteiger partial charge in [-0.25, -0.2) is 13.1 Å². The smallest absolute Gasteiger partial charge is 0.242 e. The second-order valence-corrected chi connectivity index (χ2v) is 4.89. The highest BCUT2D eigenvalue weighted by atomic mass is 35.5. The van der Waals surface area contributed by atoms with Crippen LogP contribution in [-0.2, 0) is 14.8 Å². The minimum absolute atomic E-state index is 0.0303. The Labute approximate surface area is 94.3 Å². The molecular formula is C9H11ClNO3S. The van der Waals surface area contributed by atoms with Crippen LogP contribution < -0.4 is 4.72 Å². The van der Waals surface area contributed by atoms with Gasteiger partial charge in [-0.3, -0.25) is 0 Å². The monoisotopic (exact) mass is 248 g/mol. The summed E-state index contributed by atoms with van der Waals surface area (Å²) < 4.78 is 30.4. The van der Waals surface area contributed by atoms with Crippen molar-refractivity contribution in [3.63, 3.8) is 0 Å². The molecule has 0 fully saturated rings. The number of nitrogens with one attached hydrogen (secondary N) is 1. The van der Waals surface area contributed by atoms with E-state index < -0.39 is 10.0 Å². The van der Waals surface area contributed by atoms with Crippen LogP contribution in [0.3, 0.4) is 0 Å². The van der Waals surface area contributed by atoms with Gasteiger partial charge in [-0.05, 0) is 18.2 Å². The summed E-state index contributed by atoms with van der Waals surface area (Å²) >= 11 is 5.75. The number of ether oxygens (including phenoxy) is 1. The van der Waals surface area contributed by atoms with Crippen molar-refractivity contribution in [1.29, 1.82) is 0 Å². The molecule has 0 heterocycles. The van der Waals surface area contributed by atoms with E-state index in [0.29, 0.717) is 6.61 Å². The highest BCUT2D eigenvalue weighted by Crippen LogP contribution is 2.19. The predicted octanol–water partition coefficient (Wildman–Crippen LogP) is 1.06. The van der Waals surface area contributed by atoms with Gasteiger partial charge < -0.3 is 4.74 Å². The first kappa shape index (κ1) is 12.4. The van der Waals surface area contributed by atoms with Crippen LogP contribution in [0.1, 0.15) is 0 Å². The van der Waals surface area contributed by atoms with Gasteiger partial charge in [0.1, 0.15) is 4.90 Å². The minimum Gasteiger partial charge on any atom is -0.383 e. The molecule has 0 bridgehead atoms. The van der Waals surface area contributed by atoms with Crippen LogP contribution in [0.4, 0.5) is 0 Å². The van der Waals surface area contributed by atoms with E-state index >= 15 is 0 Å². The molecule has 83 valence electrons. The van der Waals surface area contributed by atoms with Crippen LogP contribution in [0.5, 0.6) is 0 Å². The van der Waals surface area contributed by atoms with E-state index in [2.05, 4.69) is 10.8 Å². The number of hydrogen-bond donors (Lipinski definition) is 1. The molecule has 4 nitrogen and oxygen atoms in total. The summed E-state index contributed by atoms with van der Waals surface area (Å²) in [6, 6.07) is 7.03. The Hall–Kier alpha value is -0.620. The fraction of sp³-hybridized carbons (Fsp3) is 0.333. The van der Waals surface area contributed by atoms with Crippen molar-refractivity contribution in [2.24, 2.45) is 0 Å². The molecular weight excluding hydrogens is 238 g/mol. The maximum Gasteiger partial charge on any atom is 0.242 e. The average molecular weight is 249 g/mol. The molecule has 0 aromatic heterocycles. The Bertz CT molecular complexity index is 419. The van der Waals surface area contributed by atoms with Crippen molar-refractivity contribution in [2.75, 3.05) is 20.3 Å². The molecule has 0 aliphatic carbocycles. The molecule has 6 heteroatoms. The largest absolute Gasteiger partial charge is 0.383 e. The van der Waals surface area contributed by atoms with Gasteiger partial charge in [0.25, 0.3) is 0 Å². The summed E-state index contributed by atoms with van der Waals surface area (Å²) in [4.78, 5) is 0.0303. The number of hydrogen-bond acceptors (Lipinski definition) is 3. The summed E-state index contributed by atoms with van der Waals surface area (Å²) in [5, 5.41) is 0.179. The molecule has 0 aliphatic rings. The van der Waals surface area contributed by atoms with Crippen LogP contribution >= 0.6 is 11.6 Å². The van der Waals surface area contributed by atoms with Gasteiger partial charge in [0.2, 0.25) is 10.0 Å². The van der Waals surface area contributed by atoms with E-state index in [-0.39, 0.29) is 16.5 Å². The first-order valence-corrected chi connectivity index (χ1v) is 6.08. The normalized spacial score (nSPS) is 11.6. The highest BCUT2D eigenvalue weighted by molar-refractivity contribution is 7.89. The van der Waals surface area contributed by atoms with Gasteiger partial charge in [-0.15, -0.1) is 0 Å². The Balaban J connectivity index is 2.83. The molecule has 0 unspecified atom stereocenters. The fourth-order valence-corrected chi connectivity index (χ4v) is 2.44. The zero-order valence-electron chi connectivity index (χ0n) is 8.16. The first-order chi connectivity index (χ1) is 7.08. The lowest BCUT2D eigenvalue weighted by atomic mass is 10.4. The number of sulfonamides is 1. The predicted molar refractivity (Wildman–Crippen MR) is 57.4 cm³/mol. The highest BCUT2D eigenvalue weighted by Gasteiger charge is 2.16. The van der Waals surface area contributed by atoms with Crippen molar-refractivity contribution in [3.8, 4) is 0 Å². The summed E-state index contributed by atoms with van der Waals surface area (Å²) in [7, 11) is -2.06. The fourth-order valence-electron chi connectivity index (χ4n) is 0.958. The first-order valence-electron chi connectivity index (χ1n) is 4.22. The molecule has 1 radical (unpaired) electrons. The van der Waals surface area contributed by atoms with Crippen molar-refractivity contribution < 1.29 is 13.2 Å². The molecule has 15 heavy (non-hydrogen) atoms. The van der Waals surface area contributed by atoms with Gasteiger partial charge in [-0.1, -0.05) is 17.7 Å². The molecule has 0 amide bonds. The van der Waals surface area contributed by atoms with Gasteiger partial charge in [0.15, 0.2) is 0 Å². The molecule has 1 rings (SSSR count). The number of halogens is 1. The quantitative estimate of drug-likeness (QED) is 0.793.